The quantitative estimate of drug-likeness (QED) is 0.724. The van der Waals surface area contributed by atoms with Gasteiger partial charge in [0.15, 0.2) is 11.6 Å². The molecule has 1 unspecified atom stereocenters. The molecular weight excluding hydrogens is 344 g/mol. The number of hydrogen-bond acceptors (Lipinski definition) is 5. The summed E-state index contributed by atoms with van der Waals surface area (Å²) in [6.45, 7) is 5.80. The van der Waals surface area contributed by atoms with Gasteiger partial charge in [-0.15, -0.1) is 0 Å². The SMILES string of the molecule is CC1CC2=CC(=O)C=C[C@]2(C)[C@@]23O[C@H]2C[C@@]2(C)[C@@H](CC[C@]2(O)C(=O)CO)[C@H]13. The third-order valence-corrected chi connectivity index (χ3v) is 9.01. The number of Topliss-reactive ketones (excluding diaryl/α,β-unsaturated/α-hetero) is 1. The highest BCUT2D eigenvalue weighted by molar-refractivity contribution is 6.01. The Labute approximate surface area is 159 Å². The molecule has 1 spiro atoms. The van der Waals surface area contributed by atoms with E-state index in [1.807, 2.05) is 13.0 Å². The maximum atomic E-state index is 12.5. The number of carbonyl (C=O) groups excluding carboxylic acids is 2. The second kappa shape index (κ2) is 5.00. The fourth-order valence-electron chi connectivity index (χ4n) is 7.61. The molecule has 1 saturated heterocycles. The lowest BCUT2D eigenvalue weighted by molar-refractivity contribution is -0.161. The lowest BCUT2D eigenvalue weighted by Crippen LogP contribution is -2.63. The van der Waals surface area contributed by atoms with Gasteiger partial charge in [0.25, 0.3) is 0 Å². The van der Waals surface area contributed by atoms with Crippen LogP contribution < -0.4 is 0 Å². The predicted octanol–water partition coefficient (Wildman–Crippen LogP) is 1.96. The van der Waals surface area contributed by atoms with Crippen molar-refractivity contribution in [2.75, 3.05) is 6.61 Å². The number of aliphatic hydroxyl groups is 2. The van der Waals surface area contributed by atoms with E-state index in [2.05, 4.69) is 13.8 Å². The number of hydrogen-bond donors (Lipinski definition) is 2. The zero-order chi connectivity index (χ0) is 19.4. The van der Waals surface area contributed by atoms with Crippen molar-refractivity contribution in [2.24, 2.45) is 28.6 Å². The highest BCUT2D eigenvalue weighted by atomic mass is 16.6. The smallest absolute Gasteiger partial charge is 0.190 e. The van der Waals surface area contributed by atoms with Gasteiger partial charge in [0, 0.05) is 10.8 Å². The van der Waals surface area contributed by atoms with Crippen molar-refractivity contribution >= 4 is 11.6 Å². The molecule has 4 fully saturated rings. The van der Waals surface area contributed by atoms with E-state index in [4.69, 9.17) is 4.74 Å². The number of ether oxygens (including phenoxy) is 1. The van der Waals surface area contributed by atoms with Crippen LogP contribution in [0.2, 0.25) is 0 Å². The number of allylic oxidation sites excluding steroid dienone is 2. The molecule has 5 rings (SSSR count). The second-order valence-electron chi connectivity index (χ2n) is 9.92. The Bertz CT molecular complexity index is 814. The van der Waals surface area contributed by atoms with Gasteiger partial charge in [-0.1, -0.05) is 25.5 Å². The molecule has 3 saturated carbocycles. The van der Waals surface area contributed by atoms with Gasteiger partial charge in [-0.25, -0.2) is 0 Å². The minimum absolute atomic E-state index is 0.0335. The molecular formula is C22H28O5. The molecule has 1 heterocycles. The Morgan fingerprint density at radius 1 is 1.37 bits per heavy atom. The van der Waals surface area contributed by atoms with Crippen molar-refractivity contribution in [2.45, 2.75) is 63.8 Å². The first kappa shape index (κ1) is 17.8. The number of epoxide rings is 1. The molecule has 0 aromatic carbocycles. The van der Waals surface area contributed by atoms with E-state index in [1.165, 1.54) is 0 Å². The minimum Gasteiger partial charge on any atom is -0.388 e. The van der Waals surface area contributed by atoms with E-state index in [0.717, 1.165) is 18.4 Å². The minimum atomic E-state index is -1.47. The molecule has 8 atom stereocenters. The number of carbonyl (C=O) groups is 2. The van der Waals surface area contributed by atoms with Crippen LogP contribution in [0.1, 0.15) is 46.5 Å². The summed E-state index contributed by atoms with van der Waals surface area (Å²) in [5, 5.41) is 20.8. The molecule has 5 heteroatoms. The fourth-order valence-corrected chi connectivity index (χ4v) is 7.61. The summed E-state index contributed by atoms with van der Waals surface area (Å²) < 4.78 is 6.47. The van der Waals surface area contributed by atoms with Crippen LogP contribution in [0.4, 0.5) is 0 Å². The van der Waals surface area contributed by atoms with Crippen LogP contribution in [0.25, 0.3) is 0 Å². The Morgan fingerprint density at radius 3 is 2.81 bits per heavy atom. The van der Waals surface area contributed by atoms with E-state index in [9.17, 15) is 19.8 Å². The van der Waals surface area contributed by atoms with E-state index < -0.39 is 23.4 Å². The highest BCUT2D eigenvalue weighted by Gasteiger charge is 2.82. The Morgan fingerprint density at radius 2 is 2.11 bits per heavy atom. The lowest BCUT2D eigenvalue weighted by Gasteiger charge is -2.57. The number of fused-ring (bicyclic) bond motifs is 3. The third kappa shape index (κ3) is 1.77. The zero-order valence-corrected chi connectivity index (χ0v) is 16.2. The van der Waals surface area contributed by atoms with E-state index in [-0.39, 0.29) is 34.7 Å². The van der Waals surface area contributed by atoms with E-state index >= 15 is 0 Å². The Hall–Kier alpha value is -1.30. The normalized spacial score (nSPS) is 55.1. The molecule has 0 aromatic rings. The summed E-state index contributed by atoms with van der Waals surface area (Å²) in [4.78, 5) is 24.5. The molecule has 146 valence electrons. The first-order valence-corrected chi connectivity index (χ1v) is 10.1. The average molecular weight is 372 g/mol. The van der Waals surface area contributed by atoms with Gasteiger partial charge in [0.1, 0.15) is 17.8 Å². The van der Waals surface area contributed by atoms with Gasteiger partial charge in [-0.05, 0) is 62.5 Å². The Balaban J connectivity index is 1.62. The summed E-state index contributed by atoms with van der Waals surface area (Å²) in [6, 6.07) is 0. The molecule has 1 aliphatic heterocycles. The van der Waals surface area contributed by atoms with Gasteiger partial charge in [-0.2, -0.15) is 0 Å². The zero-order valence-electron chi connectivity index (χ0n) is 16.2. The van der Waals surface area contributed by atoms with Crippen molar-refractivity contribution in [1.82, 2.24) is 0 Å². The summed E-state index contributed by atoms with van der Waals surface area (Å²) in [5.74, 6) is 0.285. The summed E-state index contributed by atoms with van der Waals surface area (Å²) >= 11 is 0. The first-order valence-electron chi connectivity index (χ1n) is 10.1. The molecule has 0 bridgehead atoms. The van der Waals surface area contributed by atoms with Gasteiger partial charge >= 0.3 is 0 Å². The van der Waals surface area contributed by atoms with Crippen LogP contribution in [-0.2, 0) is 14.3 Å². The van der Waals surface area contributed by atoms with Crippen molar-refractivity contribution in [3.05, 3.63) is 23.8 Å². The lowest BCUT2D eigenvalue weighted by atomic mass is 9.44. The second-order valence-corrected chi connectivity index (χ2v) is 9.92. The monoisotopic (exact) mass is 372 g/mol. The van der Waals surface area contributed by atoms with Crippen molar-refractivity contribution < 1.29 is 24.5 Å². The average Bonchev–Trinajstić information content (AvgIpc) is 3.28. The maximum absolute atomic E-state index is 12.5. The summed E-state index contributed by atoms with van der Waals surface area (Å²) in [7, 11) is 0. The number of aliphatic hydroxyl groups excluding tert-OH is 1. The molecule has 5 nitrogen and oxygen atoms in total. The van der Waals surface area contributed by atoms with Crippen LogP contribution in [0.5, 0.6) is 0 Å². The van der Waals surface area contributed by atoms with Crippen LogP contribution >= 0.6 is 0 Å². The molecule has 5 aliphatic rings. The number of rotatable bonds is 2. The largest absolute Gasteiger partial charge is 0.388 e. The van der Waals surface area contributed by atoms with Gasteiger partial charge in [-0.3, -0.25) is 9.59 Å². The highest BCUT2D eigenvalue weighted by Crippen LogP contribution is 2.76. The molecule has 4 aliphatic carbocycles. The van der Waals surface area contributed by atoms with Crippen LogP contribution in [0.3, 0.4) is 0 Å². The van der Waals surface area contributed by atoms with Crippen LogP contribution in [0, 0.1) is 28.6 Å². The maximum Gasteiger partial charge on any atom is 0.190 e. The van der Waals surface area contributed by atoms with Gasteiger partial charge in [0.2, 0.25) is 0 Å². The molecule has 2 N–H and O–H groups in total. The third-order valence-electron chi connectivity index (χ3n) is 9.01. The standard InChI is InChI=1S/C22H28O5/c1-12-8-13-9-14(24)4-6-19(13,2)22-17(27-22)10-20(3)15(18(12)22)5-7-21(20,26)16(25)11-23/h4,6,9,12,15,17-18,23,26H,5,7-8,10-11H2,1-3H3/t12?,15-,17-,18-,19-,20-,21-,22+/m0/s1. The van der Waals surface area contributed by atoms with Gasteiger partial charge < -0.3 is 14.9 Å². The summed E-state index contributed by atoms with van der Waals surface area (Å²) in [5.41, 5.74) is -1.54. The van der Waals surface area contributed by atoms with Crippen molar-refractivity contribution in [3.63, 3.8) is 0 Å². The number of ketones is 2. The van der Waals surface area contributed by atoms with Crippen molar-refractivity contribution in [1.29, 1.82) is 0 Å². The van der Waals surface area contributed by atoms with E-state index in [1.54, 1.807) is 12.2 Å². The molecule has 27 heavy (non-hydrogen) atoms. The fraction of sp³-hybridized carbons (Fsp3) is 0.727. The molecule has 0 radical (unpaired) electrons. The topological polar surface area (TPSA) is 87.1 Å². The summed E-state index contributed by atoms with van der Waals surface area (Å²) in [6.07, 6.45) is 8.09. The Kier molecular flexibility index (Phi) is 3.29. The van der Waals surface area contributed by atoms with Crippen LogP contribution in [-0.4, -0.2) is 45.7 Å². The molecule has 0 amide bonds. The predicted molar refractivity (Wildman–Crippen MR) is 97.7 cm³/mol. The molecule has 0 aromatic heterocycles. The van der Waals surface area contributed by atoms with Crippen LogP contribution in [0.15, 0.2) is 23.8 Å². The first-order chi connectivity index (χ1) is 12.6. The van der Waals surface area contributed by atoms with Gasteiger partial charge in [0.05, 0.1) is 6.10 Å². The van der Waals surface area contributed by atoms with Crippen molar-refractivity contribution in [3.8, 4) is 0 Å². The van der Waals surface area contributed by atoms with E-state index in [0.29, 0.717) is 18.8 Å².